The van der Waals surface area contributed by atoms with Crippen molar-refractivity contribution in [2.75, 3.05) is 0 Å². The van der Waals surface area contributed by atoms with Crippen molar-refractivity contribution in [2.45, 2.75) is 51.5 Å². The molecule has 1 aliphatic rings. The van der Waals surface area contributed by atoms with Gasteiger partial charge in [-0.25, -0.2) is 4.39 Å². The molecular formula is C16H23ClFN. The van der Waals surface area contributed by atoms with Gasteiger partial charge in [0.25, 0.3) is 0 Å². The van der Waals surface area contributed by atoms with Gasteiger partial charge in [-0.15, -0.1) is 0 Å². The quantitative estimate of drug-likeness (QED) is 0.861. The van der Waals surface area contributed by atoms with Crippen LogP contribution in [0.5, 0.6) is 0 Å². The third-order valence-electron chi connectivity index (χ3n) is 4.58. The molecule has 3 heteroatoms. The van der Waals surface area contributed by atoms with E-state index in [4.69, 9.17) is 17.3 Å². The first-order valence-corrected chi connectivity index (χ1v) is 7.68. The van der Waals surface area contributed by atoms with Gasteiger partial charge in [0.15, 0.2) is 0 Å². The molecule has 2 rings (SSSR count). The van der Waals surface area contributed by atoms with Gasteiger partial charge in [0, 0.05) is 16.6 Å². The lowest BCUT2D eigenvalue weighted by Crippen LogP contribution is -2.35. The summed E-state index contributed by atoms with van der Waals surface area (Å²) in [5, 5.41) is 0.498. The highest BCUT2D eigenvalue weighted by Crippen LogP contribution is 2.33. The Morgan fingerprint density at radius 2 is 2.00 bits per heavy atom. The first-order chi connectivity index (χ1) is 9.11. The van der Waals surface area contributed by atoms with Crippen molar-refractivity contribution in [3.05, 3.63) is 34.6 Å². The van der Waals surface area contributed by atoms with Crippen LogP contribution in [0, 0.1) is 17.7 Å². The fourth-order valence-corrected chi connectivity index (χ4v) is 3.39. The van der Waals surface area contributed by atoms with Crippen LogP contribution in [-0.4, -0.2) is 6.04 Å². The van der Waals surface area contributed by atoms with E-state index in [1.165, 1.54) is 38.2 Å². The second-order valence-corrected chi connectivity index (χ2v) is 6.16. The van der Waals surface area contributed by atoms with Crippen molar-refractivity contribution >= 4 is 11.6 Å². The van der Waals surface area contributed by atoms with Gasteiger partial charge in [0.05, 0.1) is 0 Å². The summed E-state index contributed by atoms with van der Waals surface area (Å²) in [6.07, 6.45) is 6.69. The van der Waals surface area contributed by atoms with Crippen LogP contribution in [0.1, 0.15) is 44.6 Å². The van der Waals surface area contributed by atoms with Crippen LogP contribution >= 0.6 is 11.6 Å². The van der Waals surface area contributed by atoms with Gasteiger partial charge in [0.2, 0.25) is 0 Å². The molecule has 0 saturated heterocycles. The Kier molecular flexibility index (Phi) is 5.23. The van der Waals surface area contributed by atoms with E-state index in [9.17, 15) is 4.39 Å². The maximum atomic E-state index is 13.8. The number of benzene rings is 1. The third-order valence-corrected chi connectivity index (χ3v) is 4.93. The van der Waals surface area contributed by atoms with Gasteiger partial charge in [-0.05, 0) is 43.2 Å². The molecule has 1 saturated carbocycles. The normalized spacial score (nSPS) is 25.3. The van der Waals surface area contributed by atoms with E-state index >= 15 is 0 Å². The molecule has 1 aromatic carbocycles. The summed E-state index contributed by atoms with van der Waals surface area (Å²) in [7, 11) is 0. The Bertz CT molecular complexity index is 393. The standard InChI is InChI=1S/C16H23ClFN/c1-2-11-6-8-12(9-7-11)16(19)10-13-14(17)4-3-5-15(13)18/h3-5,11-12,16H,2,6-10,19H2,1H3. The predicted molar refractivity (Wildman–Crippen MR) is 78.8 cm³/mol. The number of rotatable bonds is 4. The molecule has 0 aliphatic heterocycles. The van der Waals surface area contributed by atoms with Crippen molar-refractivity contribution in [1.82, 2.24) is 0 Å². The predicted octanol–water partition coefficient (Wildman–Crippen LogP) is 4.57. The summed E-state index contributed by atoms with van der Waals surface area (Å²) in [6.45, 7) is 2.25. The number of hydrogen-bond acceptors (Lipinski definition) is 1. The molecule has 0 spiro atoms. The summed E-state index contributed by atoms with van der Waals surface area (Å²) in [4.78, 5) is 0. The van der Waals surface area contributed by atoms with Crippen molar-refractivity contribution in [1.29, 1.82) is 0 Å². The highest BCUT2D eigenvalue weighted by Gasteiger charge is 2.25. The lowest BCUT2D eigenvalue weighted by molar-refractivity contribution is 0.237. The maximum absolute atomic E-state index is 13.8. The molecule has 1 unspecified atom stereocenters. The minimum Gasteiger partial charge on any atom is -0.327 e. The first kappa shape index (κ1) is 14.8. The Hall–Kier alpha value is -0.600. The highest BCUT2D eigenvalue weighted by atomic mass is 35.5. The third kappa shape index (κ3) is 3.70. The van der Waals surface area contributed by atoms with Gasteiger partial charge in [-0.3, -0.25) is 0 Å². The zero-order chi connectivity index (χ0) is 13.8. The van der Waals surface area contributed by atoms with E-state index in [1.807, 2.05) is 0 Å². The van der Waals surface area contributed by atoms with Crippen molar-refractivity contribution < 1.29 is 4.39 Å². The zero-order valence-electron chi connectivity index (χ0n) is 11.5. The molecule has 1 atom stereocenters. The lowest BCUT2D eigenvalue weighted by Gasteiger charge is -2.32. The van der Waals surface area contributed by atoms with Gasteiger partial charge in [-0.2, -0.15) is 0 Å². The Balaban J connectivity index is 1.96. The Morgan fingerprint density at radius 1 is 1.32 bits per heavy atom. The molecule has 1 aliphatic carbocycles. The summed E-state index contributed by atoms with van der Waals surface area (Å²) in [5.74, 6) is 1.14. The average molecular weight is 284 g/mol. The van der Waals surface area contributed by atoms with Crippen LogP contribution in [0.4, 0.5) is 4.39 Å². The van der Waals surface area contributed by atoms with Crippen LogP contribution in [0.3, 0.4) is 0 Å². The van der Waals surface area contributed by atoms with Crippen LogP contribution in [-0.2, 0) is 6.42 Å². The average Bonchev–Trinajstić information content (AvgIpc) is 2.43. The van der Waals surface area contributed by atoms with Gasteiger partial charge in [0.1, 0.15) is 5.82 Å². The molecule has 0 heterocycles. The summed E-state index contributed by atoms with van der Waals surface area (Å²) >= 11 is 6.06. The number of hydrogen-bond donors (Lipinski definition) is 1. The molecule has 1 aromatic rings. The Morgan fingerprint density at radius 3 is 2.58 bits per heavy atom. The largest absolute Gasteiger partial charge is 0.327 e. The Labute approximate surface area is 120 Å². The summed E-state index contributed by atoms with van der Waals surface area (Å²) in [5.41, 5.74) is 6.86. The minimum atomic E-state index is -0.231. The van der Waals surface area contributed by atoms with Crippen LogP contribution in [0.15, 0.2) is 18.2 Å². The fraction of sp³-hybridized carbons (Fsp3) is 0.625. The minimum absolute atomic E-state index is 0.0206. The molecule has 1 nitrogen and oxygen atoms in total. The topological polar surface area (TPSA) is 26.0 Å². The zero-order valence-corrected chi connectivity index (χ0v) is 12.3. The molecule has 0 amide bonds. The SMILES string of the molecule is CCC1CCC(C(N)Cc2c(F)cccc2Cl)CC1. The smallest absolute Gasteiger partial charge is 0.127 e. The summed E-state index contributed by atoms with van der Waals surface area (Å²) < 4.78 is 13.8. The van der Waals surface area contributed by atoms with Crippen molar-refractivity contribution in [3.63, 3.8) is 0 Å². The van der Waals surface area contributed by atoms with E-state index in [1.54, 1.807) is 12.1 Å². The van der Waals surface area contributed by atoms with E-state index in [0.717, 1.165) is 5.92 Å². The number of nitrogens with two attached hydrogens (primary N) is 1. The van der Waals surface area contributed by atoms with Crippen molar-refractivity contribution in [3.8, 4) is 0 Å². The van der Waals surface area contributed by atoms with E-state index in [2.05, 4.69) is 6.92 Å². The van der Waals surface area contributed by atoms with Crippen molar-refractivity contribution in [2.24, 2.45) is 17.6 Å². The van der Waals surface area contributed by atoms with E-state index in [-0.39, 0.29) is 11.9 Å². The first-order valence-electron chi connectivity index (χ1n) is 7.30. The molecule has 0 radical (unpaired) electrons. The molecule has 2 N–H and O–H groups in total. The molecule has 0 bridgehead atoms. The maximum Gasteiger partial charge on any atom is 0.127 e. The van der Waals surface area contributed by atoms with Crippen LogP contribution in [0.25, 0.3) is 0 Å². The molecule has 0 aromatic heterocycles. The monoisotopic (exact) mass is 283 g/mol. The van der Waals surface area contributed by atoms with Crippen LogP contribution < -0.4 is 5.73 Å². The molecular weight excluding hydrogens is 261 g/mol. The fourth-order valence-electron chi connectivity index (χ4n) is 3.15. The lowest BCUT2D eigenvalue weighted by atomic mass is 9.76. The number of halogens is 2. The highest BCUT2D eigenvalue weighted by molar-refractivity contribution is 6.31. The van der Waals surface area contributed by atoms with Gasteiger partial charge >= 0.3 is 0 Å². The van der Waals surface area contributed by atoms with E-state index in [0.29, 0.717) is 22.9 Å². The second kappa shape index (κ2) is 6.71. The molecule has 1 fully saturated rings. The summed E-state index contributed by atoms with van der Waals surface area (Å²) in [6, 6.07) is 4.86. The van der Waals surface area contributed by atoms with Crippen LogP contribution in [0.2, 0.25) is 5.02 Å². The molecule has 19 heavy (non-hydrogen) atoms. The van der Waals surface area contributed by atoms with E-state index < -0.39 is 0 Å². The second-order valence-electron chi connectivity index (χ2n) is 5.76. The molecule has 106 valence electrons. The van der Waals surface area contributed by atoms with Gasteiger partial charge in [-0.1, -0.05) is 43.9 Å². The van der Waals surface area contributed by atoms with Gasteiger partial charge < -0.3 is 5.73 Å².